The summed E-state index contributed by atoms with van der Waals surface area (Å²) in [5, 5.41) is -0.213. The number of hydrogen-bond acceptors (Lipinski definition) is 5. The third-order valence-corrected chi connectivity index (χ3v) is 7.18. The maximum Gasteiger partial charge on any atom is 0.280 e. The van der Waals surface area contributed by atoms with Crippen molar-refractivity contribution in [3.05, 3.63) is 17.6 Å². The van der Waals surface area contributed by atoms with Gasteiger partial charge < -0.3 is 4.90 Å². The molecule has 0 amide bonds. The number of halogens is 2. The molecule has 2 heterocycles. The van der Waals surface area contributed by atoms with Crippen LogP contribution in [0.2, 0.25) is 0 Å². The first-order valence-electron chi connectivity index (χ1n) is 8.36. The number of sulfonamides is 1. The lowest BCUT2D eigenvalue weighted by Gasteiger charge is -2.35. The average molecular weight is 358 g/mol. The van der Waals surface area contributed by atoms with E-state index >= 15 is 0 Å². The van der Waals surface area contributed by atoms with Crippen molar-refractivity contribution in [2.75, 3.05) is 31.1 Å². The van der Waals surface area contributed by atoms with Gasteiger partial charge in [0, 0.05) is 38.2 Å². The van der Waals surface area contributed by atoms with Crippen LogP contribution in [0, 0.1) is 0 Å². The molecule has 0 bridgehead atoms. The number of piperazine rings is 1. The Labute approximate surface area is 139 Å². The van der Waals surface area contributed by atoms with E-state index in [1.165, 1.54) is 10.4 Å². The molecule has 6 nitrogen and oxygen atoms in total. The van der Waals surface area contributed by atoms with E-state index in [-0.39, 0.29) is 16.9 Å². The molecule has 1 aliphatic heterocycles. The molecule has 4 rings (SSSR count). The average Bonchev–Trinajstić information content (AvgIpc) is 3.46. The third-order valence-electron chi connectivity index (χ3n) is 4.78. The fourth-order valence-electron chi connectivity index (χ4n) is 3.02. The molecule has 0 N–H and O–H groups in total. The van der Waals surface area contributed by atoms with Crippen molar-refractivity contribution in [3.63, 3.8) is 0 Å². The normalized spacial score (nSPS) is 23.0. The smallest absolute Gasteiger partial charge is 0.280 e. The Hall–Kier alpha value is -1.35. The van der Waals surface area contributed by atoms with Gasteiger partial charge in [-0.05, 0) is 25.7 Å². The molecule has 1 aromatic rings. The first kappa shape index (κ1) is 16.1. The number of hydrogen-bond donors (Lipinski definition) is 0. The zero-order chi connectivity index (χ0) is 16.9. The van der Waals surface area contributed by atoms with E-state index in [1.807, 2.05) is 4.90 Å². The van der Waals surface area contributed by atoms with Crippen LogP contribution in [0.4, 0.5) is 14.6 Å². The molecule has 3 aliphatic rings. The molecule has 2 aliphatic carbocycles. The number of alkyl halides is 2. The molecule has 1 aromatic heterocycles. The Morgan fingerprint density at radius 3 is 2.25 bits per heavy atom. The van der Waals surface area contributed by atoms with Gasteiger partial charge in [-0.25, -0.2) is 27.2 Å². The zero-order valence-corrected chi connectivity index (χ0v) is 14.1. The fraction of sp³-hybridized carbons (Fsp3) is 0.733. The van der Waals surface area contributed by atoms with E-state index in [9.17, 15) is 17.2 Å². The summed E-state index contributed by atoms with van der Waals surface area (Å²) in [5.74, 6) is 1.18. The predicted molar refractivity (Wildman–Crippen MR) is 84.7 cm³/mol. The van der Waals surface area contributed by atoms with Crippen LogP contribution in [-0.4, -0.2) is 54.1 Å². The molecule has 24 heavy (non-hydrogen) atoms. The Balaban J connectivity index is 1.50. The first-order chi connectivity index (χ1) is 11.4. The molecule has 0 radical (unpaired) electrons. The molecular weight excluding hydrogens is 338 g/mol. The molecule has 1 saturated heterocycles. The summed E-state index contributed by atoms with van der Waals surface area (Å²) >= 11 is 0. The lowest BCUT2D eigenvalue weighted by Crippen LogP contribution is -2.49. The summed E-state index contributed by atoms with van der Waals surface area (Å²) < 4.78 is 52.3. The van der Waals surface area contributed by atoms with E-state index in [4.69, 9.17) is 0 Å². The molecular formula is C15H20F2N4O2S. The molecule has 2 saturated carbocycles. The monoisotopic (exact) mass is 358 g/mol. The van der Waals surface area contributed by atoms with Crippen LogP contribution in [0.5, 0.6) is 0 Å². The summed E-state index contributed by atoms with van der Waals surface area (Å²) in [7, 11) is -3.17. The van der Waals surface area contributed by atoms with Crippen LogP contribution < -0.4 is 4.90 Å². The summed E-state index contributed by atoms with van der Waals surface area (Å²) in [6, 6.07) is 1.33. The maximum absolute atomic E-state index is 13.1. The van der Waals surface area contributed by atoms with Gasteiger partial charge in [0.05, 0.1) is 5.25 Å². The second-order valence-electron chi connectivity index (χ2n) is 6.71. The van der Waals surface area contributed by atoms with Crippen LogP contribution in [0.15, 0.2) is 6.07 Å². The number of anilines is 1. The Bertz CT molecular complexity index is 707. The molecule has 0 atom stereocenters. The highest BCUT2D eigenvalue weighted by Gasteiger charge is 2.41. The highest BCUT2D eigenvalue weighted by atomic mass is 32.2. The van der Waals surface area contributed by atoms with Gasteiger partial charge in [-0.3, -0.25) is 0 Å². The van der Waals surface area contributed by atoms with Gasteiger partial charge in [0.25, 0.3) is 6.43 Å². The molecule has 3 fully saturated rings. The van der Waals surface area contributed by atoms with Crippen molar-refractivity contribution in [1.29, 1.82) is 0 Å². The second-order valence-corrected chi connectivity index (χ2v) is 8.93. The standard InChI is InChI=1S/C15H20F2N4O2S/c16-14(17)12-9-13(19-15(18-12)10-1-2-10)20-5-7-21(8-6-20)24(22,23)11-3-4-11/h9-11,14H,1-8H2. The van der Waals surface area contributed by atoms with Crippen molar-refractivity contribution in [2.24, 2.45) is 0 Å². The van der Waals surface area contributed by atoms with Crippen molar-refractivity contribution in [2.45, 2.75) is 43.3 Å². The van der Waals surface area contributed by atoms with Gasteiger partial charge in [-0.1, -0.05) is 0 Å². The Morgan fingerprint density at radius 1 is 1.04 bits per heavy atom. The second kappa shape index (κ2) is 5.87. The van der Waals surface area contributed by atoms with E-state index in [1.54, 1.807) is 0 Å². The predicted octanol–water partition coefficient (Wildman–Crippen LogP) is 1.91. The maximum atomic E-state index is 13.1. The molecule has 0 unspecified atom stereocenters. The summed E-state index contributed by atoms with van der Waals surface area (Å²) in [6.07, 6.45) is 0.758. The van der Waals surface area contributed by atoms with Crippen LogP contribution in [0.25, 0.3) is 0 Å². The molecule has 9 heteroatoms. The zero-order valence-electron chi connectivity index (χ0n) is 13.2. The summed E-state index contributed by atoms with van der Waals surface area (Å²) in [6.45, 7) is 1.70. The molecule has 0 aromatic carbocycles. The quantitative estimate of drug-likeness (QED) is 0.804. The highest BCUT2D eigenvalue weighted by molar-refractivity contribution is 7.90. The Morgan fingerprint density at radius 2 is 1.71 bits per heavy atom. The van der Waals surface area contributed by atoms with Gasteiger partial charge in [0.1, 0.15) is 17.3 Å². The van der Waals surface area contributed by atoms with Gasteiger partial charge in [-0.2, -0.15) is 4.31 Å². The van der Waals surface area contributed by atoms with Crippen molar-refractivity contribution in [3.8, 4) is 0 Å². The minimum absolute atomic E-state index is 0.194. The summed E-state index contributed by atoms with van der Waals surface area (Å²) in [5.41, 5.74) is -0.241. The fourth-order valence-corrected chi connectivity index (χ4v) is 4.84. The SMILES string of the molecule is O=S(=O)(C1CC1)N1CCN(c2cc(C(F)F)nc(C3CC3)n2)CC1. The minimum atomic E-state index is -3.17. The van der Waals surface area contributed by atoms with Crippen LogP contribution in [0.1, 0.15) is 49.5 Å². The molecule has 0 spiro atoms. The van der Waals surface area contributed by atoms with Crippen LogP contribution in [-0.2, 0) is 10.0 Å². The molecule has 132 valence electrons. The van der Waals surface area contributed by atoms with E-state index in [2.05, 4.69) is 9.97 Å². The lowest BCUT2D eigenvalue weighted by atomic mass is 10.3. The lowest BCUT2D eigenvalue weighted by molar-refractivity contribution is 0.145. The first-order valence-corrected chi connectivity index (χ1v) is 9.86. The van der Waals surface area contributed by atoms with Gasteiger partial charge in [0.15, 0.2) is 0 Å². The van der Waals surface area contributed by atoms with E-state index in [0.29, 0.717) is 37.8 Å². The number of nitrogens with zero attached hydrogens (tertiary/aromatic N) is 4. The largest absolute Gasteiger partial charge is 0.354 e. The van der Waals surface area contributed by atoms with Gasteiger partial charge >= 0.3 is 0 Å². The number of aromatic nitrogens is 2. The van der Waals surface area contributed by atoms with Gasteiger partial charge in [-0.15, -0.1) is 0 Å². The summed E-state index contributed by atoms with van der Waals surface area (Å²) in [4.78, 5) is 10.3. The highest BCUT2D eigenvalue weighted by Crippen LogP contribution is 2.39. The van der Waals surface area contributed by atoms with E-state index < -0.39 is 16.4 Å². The number of rotatable bonds is 5. The van der Waals surface area contributed by atoms with Crippen LogP contribution in [0.3, 0.4) is 0 Å². The van der Waals surface area contributed by atoms with Crippen LogP contribution >= 0.6 is 0 Å². The topological polar surface area (TPSA) is 66.4 Å². The van der Waals surface area contributed by atoms with Crippen molar-refractivity contribution in [1.82, 2.24) is 14.3 Å². The van der Waals surface area contributed by atoms with E-state index in [0.717, 1.165) is 25.7 Å². The third kappa shape index (κ3) is 3.11. The Kier molecular flexibility index (Phi) is 3.95. The van der Waals surface area contributed by atoms with Crippen molar-refractivity contribution >= 4 is 15.8 Å². The minimum Gasteiger partial charge on any atom is -0.354 e. The van der Waals surface area contributed by atoms with Crippen molar-refractivity contribution < 1.29 is 17.2 Å². The van der Waals surface area contributed by atoms with Gasteiger partial charge in [0.2, 0.25) is 10.0 Å².